The Morgan fingerprint density at radius 1 is 0.844 bits per heavy atom. The van der Waals surface area contributed by atoms with Gasteiger partial charge in [0, 0.05) is 12.3 Å². The fourth-order valence-corrected chi connectivity index (χ4v) is 10.9. The normalized spacial score (nSPS) is 50.3. The van der Waals surface area contributed by atoms with Gasteiger partial charge in [0.05, 0.1) is 0 Å². The van der Waals surface area contributed by atoms with E-state index in [1.807, 2.05) is 0 Å². The van der Waals surface area contributed by atoms with Crippen molar-refractivity contribution in [2.45, 2.75) is 125 Å². The first kappa shape index (κ1) is 23.0. The predicted molar refractivity (Wildman–Crippen MR) is 131 cm³/mol. The van der Waals surface area contributed by atoms with Gasteiger partial charge in [-0.25, -0.2) is 0 Å². The molecule has 0 aromatic heterocycles. The highest BCUT2D eigenvalue weighted by atomic mass is 16.5. The summed E-state index contributed by atoms with van der Waals surface area (Å²) in [4.78, 5) is 11.8. The summed E-state index contributed by atoms with van der Waals surface area (Å²) in [6.07, 6.45) is 17.7. The molecule has 0 amide bonds. The maximum Gasteiger partial charge on any atom is 0.302 e. The molecule has 0 aromatic carbocycles. The molecule has 180 valence electrons. The van der Waals surface area contributed by atoms with E-state index in [0.29, 0.717) is 21.7 Å². The number of allylic oxidation sites excluding steroid dienone is 2. The second-order valence-corrected chi connectivity index (χ2v) is 14.1. The number of ether oxygens (including phenoxy) is 1. The number of carbonyl (C=O) groups is 1. The Bertz CT molecular complexity index is 821. The van der Waals surface area contributed by atoms with Gasteiger partial charge >= 0.3 is 5.97 Å². The van der Waals surface area contributed by atoms with Crippen molar-refractivity contribution in [1.29, 1.82) is 0 Å². The predicted octanol–water partition coefficient (Wildman–Crippen LogP) is 8.10. The molecule has 0 bridgehead atoms. The molecule has 3 unspecified atom stereocenters. The highest BCUT2D eigenvalue weighted by molar-refractivity contribution is 5.66. The molecule has 0 heterocycles. The van der Waals surface area contributed by atoms with Crippen LogP contribution in [0.5, 0.6) is 0 Å². The van der Waals surface area contributed by atoms with Gasteiger partial charge in [-0.05, 0) is 124 Å². The third kappa shape index (κ3) is 2.79. The lowest BCUT2D eigenvalue weighted by atomic mass is 9.42. The number of fused-ring (bicyclic) bond motifs is 2. The van der Waals surface area contributed by atoms with Gasteiger partial charge < -0.3 is 4.74 Å². The van der Waals surface area contributed by atoms with Gasteiger partial charge in [0.2, 0.25) is 0 Å². The summed E-state index contributed by atoms with van der Waals surface area (Å²) in [5.41, 5.74) is 3.77. The Morgan fingerprint density at radius 2 is 1.53 bits per heavy atom. The van der Waals surface area contributed by atoms with Crippen LogP contribution in [0, 0.1) is 44.8 Å². The van der Waals surface area contributed by atoms with Crippen molar-refractivity contribution < 1.29 is 9.53 Å². The molecule has 2 nitrogen and oxygen atoms in total. The fraction of sp³-hybridized carbons (Fsp3) is 0.900. The molecule has 5 aliphatic rings. The molecule has 8 atom stereocenters. The minimum Gasteiger partial charge on any atom is -0.462 e. The van der Waals surface area contributed by atoms with Crippen molar-refractivity contribution in [3.8, 4) is 0 Å². The van der Waals surface area contributed by atoms with Crippen molar-refractivity contribution in [3.05, 3.63) is 11.6 Å². The largest absolute Gasteiger partial charge is 0.462 e. The molecule has 0 N–H and O–H groups in total. The van der Waals surface area contributed by atoms with E-state index < -0.39 is 0 Å². The molecule has 5 aliphatic carbocycles. The SMILES string of the molecule is CC(=O)O[C@H]1CC[C@]23C[C@]24CC[C@]2(C)C(CCC=C(C)C)CC[C@@]2(C)C4CCC3C1(C)C. The maximum atomic E-state index is 11.8. The second-order valence-electron chi connectivity index (χ2n) is 14.1. The smallest absolute Gasteiger partial charge is 0.302 e. The van der Waals surface area contributed by atoms with Gasteiger partial charge in [0.15, 0.2) is 0 Å². The van der Waals surface area contributed by atoms with Gasteiger partial charge in [0.1, 0.15) is 6.10 Å². The summed E-state index contributed by atoms with van der Waals surface area (Å²) < 4.78 is 5.88. The van der Waals surface area contributed by atoms with Crippen molar-refractivity contribution >= 4 is 5.97 Å². The van der Waals surface area contributed by atoms with Crippen LogP contribution < -0.4 is 0 Å². The summed E-state index contributed by atoms with van der Waals surface area (Å²) in [6.45, 7) is 16.3. The molecule has 5 rings (SSSR count). The monoisotopic (exact) mass is 440 g/mol. The quantitative estimate of drug-likeness (QED) is 0.326. The number of hydrogen-bond acceptors (Lipinski definition) is 2. The van der Waals surface area contributed by atoms with Gasteiger partial charge in [-0.2, -0.15) is 0 Å². The standard InChI is InChI=1S/C30H48O2/c1-20(2)9-8-10-22-13-15-28(7)24-12-11-23-26(4,5)25(32-21(3)31)14-16-29(23)19-30(24,29)18-17-27(22,28)6/h9,22-25H,8,10-19H2,1-7H3/t22?,23?,24?,25-,27+,28-,29+,30-/m0/s1. The van der Waals surface area contributed by atoms with Gasteiger partial charge in [-0.3, -0.25) is 4.79 Å². The number of carbonyl (C=O) groups excluding carboxylic acids is 1. The van der Waals surface area contributed by atoms with Gasteiger partial charge in [0.25, 0.3) is 0 Å². The third-order valence-electron chi connectivity index (χ3n) is 12.6. The molecule has 5 saturated carbocycles. The maximum absolute atomic E-state index is 11.8. The van der Waals surface area contributed by atoms with E-state index in [-0.39, 0.29) is 17.5 Å². The molecule has 32 heavy (non-hydrogen) atoms. The molecule has 0 aromatic rings. The molecular weight excluding hydrogens is 392 g/mol. The fourth-order valence-electron chi connectivity index (χ4n) is 10.9. The highest BCUT2D eigenvalue weighted by Crippen LogP contribution is 2.89. The average Bonchev–Trinajstić information content (AvgIpc) is 3.29. The summed E-state index contributed by atoms with van der Waals surface area (Å²) >= 11 is 0. The van der Waals surface area contributed by atoms with Crippen molar-refractivity contribution in [2.24, 2.45) is 44.8 Å². The molecule has 0 saturated heterocycles. The zero-order valence-electron chi connectivity index (χ0n) is 22.0. The highest BCUT2D eigenvalue weighted by Gasteiger charge is 2.82. The minimum absolute atomic E-state index is 0.0933. The van der Waals surface area contributed by atoms with E-state index in [9.17, 15) is 4.79 Å². The van der Waals surface area contributed by atoms with Crippen LogP contribution >= 0.6 is 0 Å². The van der Waals surface area contributed by atoms with E-state index in [0.717, 1.165) is 24.2 Å². The van der Waals surface area contributed by atoms with Crippen LogP contribution in [0.15, 0.2) is 11.6 Å². The van der Waals surface area contributed by atoms with E-state index in [4.69, 9.17) is 4.74 Å². The molecule has 0 aliphatic heterocycles. The Kier molecular flexibility index (Phi) is 5.10. The lowest BCUT2D eigenvalue weighted by Crippen LogP contribution is -2.57. The average molecular weight is 441 g/mol. The summed E-state index contributed by atoms with van der Waals surface area (Å²) in [6, 6.07) is 0. The number of rotatable bonds is 4. The summed E-state index contributed by atoms with van der Waals surface area (Å²) in [7, 11) is 0. The molecular formula is C30H48O2. The zero-order valence-corrected chi connectivity index (χ0v) is 22.0. The van der Waals surface area contributed by atoms with Crippen LogP contribution in [-0.4, -0.2) is 12.1 Å². The third-order valence-corrected chi connectivity index (χ3v) is 12.6. The second kappa shape index (κ2) is 7.11. The van der Waals surface area contributed by atoms with E-state index in [1.54, 1.807) is 6.92 Å². The molecule has 5 fully saturated rings. The Hall–Kier alpha value is -0.790. The molecule has 0 radical (unpaired) electrons. The van der Waals surface area contributed by atoms with Crippen molar-refractivity contribution in [2.75, 3.05) is 0 Å². The summed E-state index contributed by atoms with van der Waals surface area (Å²) in [5, 5.41) is 0. The van der Waals surface area contributed by atoms with E-state index in [2.05, 4.69) is 47.6 Å². The van der Waals surface area contributed by atoms with Crippen molar-refractivity contribution in [3.63, 3.8) is 0 Å². The van der Waals surface area contributed by atoms with Crippen LogP contribution in [0.4, 0.5) is 0 Å². The first-order chi connectivity index (χ1) is 14.9. The van der Waals surface area contributed by atoms with Gasteiger partial charge in [-0.15, -0.1) is 0 Å². The first-order valence-electron chi connectivity index (χ1n) is 13.7. The van der Waals surface area contributed by atoms with E-state index in [1.165, 1.54) is 69.8 Å². The van der Waals surface area contributed by atoms with Crippen LogP contribution in [0.3, 0.4) is 0 Å². The molecule has 2 spiro atoms. The lowest BCUT2D eigenvalue weighted by molar-refractivity contribution is -0.180. The first-order valence-corrected chi connectivity index (χ1v) is 13.7. The zero-order chi connectivity index (χ0) is 23.2. The van der Waals surface area contributed by atoms with Crippen LogP contribution in [0.2, 0.25) is 0 Å². The topological polar surface area (TPSA) is 26.3 Å². The number of esters is 1. The Labute approximate surface area is 197 Å². The van der Waals surface area contributed by atoms with Crippen LogP contribution in [-0.2, 0) is 9.53 Å². The van der Waals surface area contributed by atoms with Crippen LogP contribution in [0.1, 0.15) is 119 Å². The van der Waals surface area contributed by atoms with Crippen LogP contribution in [0.25, 0.3) is 0 Å². The Morgan fingerprint density at radius 3 is 2.22 bits per heavy atom. The van der Waals surface area contributed by atoms with E-state index >= 15 is 0 Å². The molecule has 2 heteroatoms. The van der Waals surface area contributed by atoms with Gasteiger partial charge in [-0.1, -0.05) is 39.3 Å². The minimum atomic E-state index is -0.0933. The summed E-state index contributed by atoms with van der Waals surface area (Å²) in [5.74, 6) is 2.46. The lowest BCUT2D eigenvalue weighted by Gasteiger charge is -2.63. The number of hydrogen-bond donors (Lipinski definition) is 0. The Balaban J connectivity index is 1.40. The van der Waals surface area contributed by atoms with Crippen molar-refractivity contribution in [1.82, 2.24) is 0 Å².